The summed E-state index contributed by atoms with van der Waals surface area (Å²) in [6.07, 6.45) is 5.10. The van der Waals surface area contributed by atoms with Crippen LogP contribution >= 0.6 is 11.8 Å². The Hall–Kier alpha value is -1.24. The van der Waals surface area contributed by atoms with Gasteiger partial charge in [-0.25, -0.2) is 0 Å². The summed E-state index contributed by atoms with van der Waals surface area (Å²) in [6, 6.07) is 0.519. The maximum atomic E-state index is 4.33. The number of nitrogens with one attached hydrogen (secondary N) is 2. The number of hydrogen-bond donors (Lipinski definition) is 2. The fourth-order valence-electron chi connectivity index (χ4n) is 2.82. The molecule has 1 aromatic rings. The molecular weight excluding hydrogens is 296 g/mol. The SMILES string of the molecule is CCSC1CCCC(NC(=NC)NCc2nnc(C)n2C)C1. The first kappa shape index (κ1) is 17.1. The van der Waals surface area contributed by atoms with Gasteiger partial charge in [0.1, 0.15) is 5.82 Å². The highest BCUT2D eigenvalue weighted by atomic mass is 32.2. The fourth-order valence-corrected chi connectivity index (χ4v) is 3.99. The highest BCUT2D eigenvalue weighted by Gasteiger charge is 2.22. The Bertz CT molecular complexity index is 496. The van der Waals surface area contributed by atoms with Crippen LogP contribution in [-0.4, -0.2) is 44.8 Å². The molecule has 0 aromatic carbocycles. The highest BCUT2D eigenvalue weighted by molar-refractivity contribution is 7.99. The second kappa shape index (κ2) is 8.41. The predicted octanol–water partition coefficient (Wildman–Crippen LogP) is 1.85. The van der Waals surface area contributed by atoms with Crippen molar-refractivity contribution in [2.24, 2.45) is 12.0 Å². The Morgan fingerprint density at radius 2 is 2.23 bits per heavy atom. The minimum atomic E-state index is 0.519. The maximum absolute atomic E-state index is 4.33. The van der Waals surface area contributed by atoms with E-state index >= 15 is 0 Å². The van der Waals surface area contributed by atoms with Gasteiger partial charge in [-0.05, 0) is 31.9 Å². The number of aliphatic imine (C=N–C) groups is 1. The fraction of sp³-hybridized carbons (Fsp3) is 0.800. The van der Waals surface area contributed by atoms with E-state index in [1.165, 1.54) is 31.4 Å². The van der Waals surface area contributed by atoms with Crippen molar-refractivity contribution in [1.29, 1.82) is 0 Å². The predicted molar refractivity (Wildman–Crippen MR) is 93.3 cm³/mol. The highest BCUT2D eigenvalue weighted by Crippen LogP contribution is 2.28. The largest absolute Gasteiger partial charge is 0.354 e. The molecule has 0 bridgehead atoms. The molecule has 0 aliphatic heterocycles. The summed E-state index contributed by atoms with van der Waals surface area (Å²) in [5, 5.41) is 15.9. The van der Waals surface area contributed by atoms with Gasteiger partial charge in [-0.1, -0.05) is 13.3 Å². The number of rotatable bonds is 5. The zero-order chi connectivity index (χ0) is 15.9. The van der Waals surface area contributed by atoms with Crippen LogP contribution in [-0.2, 0) is 13.6 Å². The lowest BCUT2D eigenvalue weighted by molar-refractivity contribution is 0.418. The third-order valence-electron chi connectivity index (χ3n) is 4.19. The van der Waals surface area contributed by atoms with Crippen LogP contribution in [0.5, 0.6) is 0 Å². The van der Waals surface area contributed by atoms with E-state index in [4.69, 9.17) is 0 Å². The number of aryl methyl sites for hydroxylation is 1. The standard InChI is InChI=1S/C15H28N6S/c1-5-22-13-8-6-7-12(9-13)18-15(16-3)17-10-14-20-19-11(2)21(14)4/h12-13H,5-10H2,1-4H3,(H2,16,17,18). The first-order chi connectivity index (χ1) is 10.6. The molecule has 124 valence electrons. The molecular formula is C15H28N6S. The molecule has 7 heteroatoms. The van der Waals surface area contributed by atoms with Gasteiger partial charge in [0, 0.05) is 25.4 Å². The zero-order valence-electron chi connectivity index (χ0n) is 14.1. The topological polar surface area (TPSA) is 67.1 Å². The van der Waals surface area contributed by atoms with E-state index in [0.717, 1.165) is 22.9 Å². The molecule has 1 aromatic heterocycles. The van der Waals surface area contributed by atoms with Gasteiger partial charge in [0.05, 0.1) is 6.54 Å². The monoisotopic (exact) mass is 324 g/mol. The number of thioether (sulfide) groups is 1. The molecule has 1 aliphatic rings. The lowest BCUT2D eigenvalue weighted by Gasteiger charge is -2.30. The van der Waals surface area contributed by atoms with Crippen LogP contribution < -0.4 is 10.6 Å². The maximum Gasteiger partial charge on any atom is 0.191 e. The van der Waals surface area contributed by atoms with Gasteiger partial charge in [0.15, 0.2) is 11.8 Å². The lowest BCUT2D eigenvalue weighted by Crippen LogP contribution is -2.45. The van der Waals surface area contributed by atoms with Crippen molar-refractivity contribution in [3.63, 3.8) is 0 Å². The molecule has 2 N–H and O–H groups in total. The van der Waals surface area contributed by atoms with E-state index in [0.29, 0.717) is 12.6 Å². The first-order valence-electron chi connectivity index (χ1n) is 8.07. The minimum Gasteiger partial charge on any atom is -0.354 e. The average molecular weight is 324 g/mol. The molecule has 2 unspecified atom stereocenters. The van der Waals surface area contributed by atoms with E-state index in [2.05, 4.69) is 44.5 Å². The molecule has 0 saturated heterocycles. The quantitative estimate of drug-likeness (QED) is 0.639. The van der Waals surface area contributed by atoms with Crippen molar-refractivity contribution in [2.75, 3.05) is 12.8 Å². The van der Waals surface area contributed by atoms with Gasteiger partial charge in [-0.2, -0.15) is 11.8 Å². The van der Waals surface area contributed by atoms with E-state index in [1.807, 2.05) is 25.6 Å². The van der Waals surface area contributed by atoms with Gasteiger partial charge >= 0.3 is 0 Å². The zero-order valence-corrected chi connectivity index (χ0v) is 14.9. The van der Waals surface area contributed by atoms with Crippen molar-refractivity contribution >= 4 is 17.7 Å². The molecule has 0 amide bonds. The molecule has 1 heterocycles. The Labute approximate surface area is 137 Å². The van der Waals surface area contributed by atoms with Crippen molar-refractivity contribution in [1.82, 2.24) is 25.4 Å². The molecule has 1 fully saturated rings. The molecule has 2 rings (SSSR count). The van der Waals surface area contributed by atoms with Crippen LogP contribution in [0.25, 0.3) is 0 Å². The summed E-state index contributed by atoms with van der Waals surface area (Å²) >= 11 is 2.08. The van der Waals surface area contributed by atoms with Crippen molar-refractivity contribution in [3.8, 4) is 0 Å². The smallest absolute Gasteiger partial charge is 0.191 e. The van der Waals surface area contributed by atoms with Crippen LogP contribution in [0.3, 0.4) is 0 Å². The molecule has 0 radical (unpaired) electrons. The van der Waals surface area contributed by atoms with Crippen molar-refractivity contribution in [3.05, 3.63) is 11.6 Å². The molecule has 0 spiro atoms. The molecule has 2 atom stereocenters. The molecule has 6 nitrogen and oxygen atoms in total. The van der Waals surface area contributed by atoms with Gasteiger partial charge in [-0.3, -0.25) is 4.99 Å². The van der Waals surface area contributed by atoms with Crippen LogP contribution in [0, 0.1) is 6.92 Å². The Kier molecular flexibility index (Phi) is 6.54. The first-order valence-corrected chi connectivity index (χ1v) is 9.12. The summed E-state index contributed by atoms with van der Waals surface area (Å²) in [4.78, 5) is 4.33. The summed E-state index contributed by atoms with van der Waals surface area (Å²) in [7, 11) is 3.80. The summed E-state index contributed by atoms with van der Waals surface area (Å²) in [5.41, 5.74) is 0. The molecule has 1 aliphatic carbocycles. The van der Waals surface area contributed by atoms with Crippen molar-refractivity contribution < 1.29 is 0 Å². The second-order valence-electron chi connectivity index (χ2n) is 5.73. The normalized spacial score (nSPS) is 22.6. The van der Waals surface area contributed by atoms with E-state index in [-0.39, 0.29) is 0 Å². The van der Waals surface area contributed by atoms with Gasteiger partial charge in [0.2, 0.25) is 0 Å². The second-order valence-corrected chi connectivity index (χ2v) is 7.31. The number of nitrogens with zero attached hydrogens (tertiary/aromatic N) is 4. The number of guanidine groups is 1. The number of hydrogen-bond acceptors (Lipinski definition) is 4. The van der Waals surface area contributed by atoms with Crippen LogP contribution in [0.1, 0.15) is 44.3 Å². The summed E-state index contributed by atoms with van der Waals surface area (Å²) in [5.74, 6) is 3.90. The Balaban J connectivity index is 1.83. The van der Waals surface area contributed by atoms with Crippen LogP contribution in [0.15, 0.2) is 4.99 Å². The van der Waals surface area contributed by atoms with E-state index < -0.39 is 0 Å². The minimum absolute atomic E-state index is 0.519. The van der Waals surface area contributed by atoms with Crippen molar-refractivity contribution in [2.45, 2.75) is 57.4 Å². The summed E-state index contributed by atoms with van der Waals surface area (Å²) < 4.78 is 1.99. The number of aromatic nitrogens is 3. The van der Waals surface area contributed by atoms with Crippen LogP contribution in [0.2, 0.25) is 0 Å². The average Bonchev–Trinajstić information content (AvgIpc) is 2.84. The van der Waals surface area contributed by atoms with E-state index in [9.17, 15) is 0 Å². The van der Waals surface area contributed by atoms with E-state index in [1.54, 1.807) is 0 Å². The third kappa shape index (κ3) is 4.63. The molecule has 1 saturated carbocycles. The summed E-state index contributed by atoms with van der Waals surface area (Å²) in [6.45, 7) is 4.83. The van der Waals surface area contributed by atoms with Crippen LogP contribution in [0.4, 0.5) is 0 Å². The van der Waals surface area contributed by atoms with Gasteiger partial charge in [0.25, 0.3) is 0 Å². The Morgan fingerprint density at radius 3 is 2.86 bits per heavy atom. The lowest BCUT2D eigenvalue weighted by atomic mass is 9.95. The van der Waals surface area contributed by atoms with Gasteiger partial charge < -0.3 is 15.2 Å². The van der Waals surface area contributed by atoms with Gasteiger partial charge in [-0.15, -0.1) is 10.2 Å². The third-order valence-corrected chi connectivity index (χ3v) is 5.42. The Morgan fingerprint density at radius 1 is 1.41 bits per heavy atom. The molecule has 22 heavy (non-hydrogen) atoms.